The first-order valence-electron chi connectivity index (χ1n) is 4.65. The van der Waals surface area contributed by atoms with Gasteiger partial charge >= 0.3 is 0 Å². The largest absolute Gasteiger partial charge is 0.329 e. The van der Waals surface area contributed by atoms with Gasteiger partial charge in [-0.1, -0.05) is 6.42 Å². The van der Waals surface area contributed by atoms with Crippen molar-refractivity contribution in [1.82, 2.24) is 4.90 Å². The molecule has 0 spiro atoms. The van der Waals surface area contributed by atoms with Gasteiger partial charge in [0.05, 0.1) is 6.00 Å². The fraction of sp³-hybridized carbons (Fsp3) is 0.889. The lowest BCUT2D eigenvalue weighted by atomic mass is 9.88. The molecule has 1 aliphatic heterocycles. The van der Waals surface area contributed by atoms with Gasteiger partial charge in [-0.15, -0.1) is 11.6 Å². The van der Waals surface area contributed by atoms with Crippen LogP contribution in [0.1, 0.15) is 25.7 Å². The Kier molecular flexibility index (Phi) is 2.26. The zero-order chi connectivity index (χ0) is 8.55. The summed E-state index contributed by atoms with van der Waals surface area (Å²) in [5.41, 5.74) is 0. The highest BCUT2D eigenvalue weighted by atomic mass is 35.5. The molecule has 3 heteroatoms. The predicted molar refractivity (Wildman–Crippen MR) is 47.9 cm³/mol. The van der Waals surface area contributed by atoms with Gasteiger partial charge in [-0.2, -0.15) is 0 Å². The van der Waals surface area contributed by atoms with E-state index in [1.807, 2.05) is 0 Å². The molecule has 2 unspecified atom stereocenters. The monoisotopic (exact) mass is 187 g/mol. The van der Waals surface area contributed by atoms with Crippen LogP contribution in [0.25, 0.3) is 0 Å². The second-order valence-corrected chi connectivity index (χ2v) is 4.13. The second-order valence-electron chi connectivity index (χ2n) is 3.89. The number of rotatable bonds is 1. The number of carbonyl (C=O) groups excluding carboxylic acids is 1. The average Bonchev–Trinajstić information content (AvgIpc) is 2.49. The van der Waals surface area contributed by atoms with Gasteiger partial charge in [0.25, 0.3) is 0 Å². The molecule has 0 aromatic carbocycles. The Morgan fingerprint density at radius 2 is 2.17 bits per heavy atom. The molecule has 2 aliphatic rings. The Labute approximate surface area is 77.9 Å². The average molecular weight is 188 g/mol. The van der Waals surface area contributed by atoms with Crippen molar-refractivity contribution in [1.29, 1.82) is 0 Å². The van der Waals surface area contributed by atoms with Crippen molar-refractivity contribution in [3.05, 3.63) is 0 Å². The zero-order valence-corrected chi connectivity index (χ0v) is 7.89. The highest BCUT2D eigenvalue weighted by molar-refractivity contribution is 6.18. The summed E-state index contributed by atoms with van der Waals surface area (Å²) in [7, 11) is 0. The molecule has 1 saturated heterocycles. The van der Waals surface area contributed by atoms with Crippen LogP contribution in [0.5, 0.6) is 0 Å². The van der Waals surface area contributed by atoms with Crippen molar-refractivity contribution < 1.29 is 4.79 Å². The Hall–Kier alpha value is -0.240. The van der Waals surface area contributed by atoms with Crippen LogP contribution >= 0.6 is 11.6 Å². The van der Waals surface area contributed by atoms with Gasteiger partial charge < -0.3 is 4.90 Å². The van der Waals surface area contributed by atoms with E-state index in [0.717, 1.165) is 18.9 Å². The number of amides is 1. The summed E-state index contributed by atoms with van der Waals surface area (Å²) < 4.78 is 0. The minimum atomic E-state index is 0.258. The molecule has 0 aromatic heterocycles. The van der Waals surface area contributed by atoms with Crippen LogP contribution < -0.4 is 0 Å². The number of likely N-dealkylation sites (tertiary alicyclic amines) is 1. The van der Waals surface area contributed by atoms with E-state index in [1.165, 1.54) is 19.3 Å². The second kappa shape index (κ2) is 3.25. The van der Waals surface area contributed by atoms with Gasteiger partial charge in [0.2, 0.25) is 5.91 Å². The van der Waals surface area contributed by atoms with Crippen molar-refractivity contribution in [3.8, 4) is 0 Å². The Bertz CT molecular complexity index is 195. The predicted octanol–water partition coefficient (Wildman–Crippen LogP) is 1.83. The van der Waals surface area contributed by atoms with Crippen molar-refractivity contribution in [2.45, 2.75) is 25.7 Å². The summed E-state index contributed by atoms with van der Waals surface area (Å²) in [6.45, 7) is 0.910. The fourth-order valence-electron chi connectivity index (χ4n) is 2.48. The maximum atomic E-state index is 11.4. The van der Waals surface area contributed by atoms with Crippen LogP contribution in [0, 0.1) is 11.8 Å². The molecule has 1 heterocycles. The molecular formula is C9H14ClNO. The minimum Gasteiger partial charge on any atom is -0.329 e. The third-order valence-corrected chi connectivity index (χ3v) is 3.49. The summed E-state index contributed by atoms with van der Waals surface area (Å²) in [4.78, 5) is 13.2. The van der Waals surface area contributed by atoms with Gasteiger partial charge in [0, 0.05) is 13.0 Å². The van der Waals surface area contributed by atoms with Crippen LogP contribution in [-0.4, -0.2) is 23.4 Å². The Morgan fingerprint density at radius 3 is 2.92 bits per heavy atom. The van der Waals surface area contributed by atoms with E-state index in [9.17, 15) is 4.79 Å². The molecule has 1 saturated carbocycles. The summed E-state index contributed by atoms with van der Waals surface area (Å²) in [6.07, 6.45) is 4.61. The van der Waals surface area contributed by atoms with Crippen LogP contribution in [0.15, 0.2) is 0 Å². The zero-order valence-electron chi connectivity index (χ0n) is 7.13. The third kappa shape index (κ3) is 1.33. The molecule has 2 rings (SSSR count). The molecule has 2 fully saturated rings. The molecule has 2 atom stereocenters. The molecule has 1 aliphatic carbocycles. The first-order valence-corrected chi connectivity index (χ1v) is 5.18. The number of nitrogens with zero attached hydrogens (tertiary/aromatic N) is 1. The normalized spacial score (nSPS) is 35.4. The maximum absolute atomic E-state index is 11.4. The molecule has 0 radical (unpaired) electrons. The van der Waals surface area contributed by atoms with Crippen molar-refractivity contribution in [2.75, 3.05) is 12.5 Å². The number of hydrogen-bond acceptors (Lipinski definition) is 1. The highest BCUT2D eigenvalue weighted by Gasteiger charge is 2.36. The number of carbonyl (C=O) groups is 1. The van der Waals surface area contributed by atoms with Crippen molar-refractivity contribution >= 4 is 17.5 Å². The SMILES string of the molecule is O=C1CC2CCCC2CN1CCl. The number of fused-ring (bicyclic) bond motifs is 1. The highest BCUT2D eigenvalue weighted by Crippen LogP contribution is 2.38. The quantitative estimate of drug-likeness (QED) is 0.453. The van der Waals surface area contributed by atoms with Crippen LogP contribution in [0.2, 0.25) is 0 Å². The van der Waals surface area contributed by atoms with Crippen molar-refractivity contribution in [2.24, 2.45) is 11.8 Å². The summed E-state index contributed by atoms with van der Waals surface area (Å²) in [5.74, 6) is 1.69. The van der Waals surface area contributed by atoms with Gasteiger partial charge in [0.15, 0.2) is 0 Å². The number of alkyl halides is 1. The van der Waals surface area contributed by atoms with Crippen molar-refractivity contribution in [3.63, 3.8) is 0 Å². The first-order chi connectivity index (χ1) is 5.81. The molecule has 68 valence electrons. The number of hydrogen-bond donors (Lipinski definition) is 0. The van der Waals surface area contributed by atoms with E-state index in [2.05, 4.69) is 0 Å². The Morgan fingerprint density at radius 1 is 1.42 bits per heavy atom. The lowest BCUT2D eigenvalue weighted by molar-refractivity contribution is -0.135. The summed E-state index contributed by atoms with van der Waals surface area (Å²) in [6, 6.07) is 0.377. The van der Waals surface area contributed by atoms with Crippen LogP contribution in [-0.2, 0) is 4.79 Å². The van der Waals surface area contributed by atoms with Gasteiger partial charge in [-0.3, -0.25) is 4.79 Å². The topological polar surface area (TPSA) is 20.3 Å². The minimum absolute atomic E-state index is 0.258. The summed E-state index contributed by atoms with van der Waals surface area (Å²) >= 11 is 5.67. The molecule has 0 bridgehead atoms. The molecule has 0 aromatic rings. The van der Waals surface area contributed by atoms with Gasteiger partial charge in [-0.25, -0.2) is 0 Å². The number of halogens is 1. The van der Waals surface area contributed by atoms with E-state index in [1.54, 1.807) is 4.90 Å². The molecule has 1 amide bonds. The van der Waals surface area contributed by atoms with Crippen LogP contribution in [0.4, 0.5) is 0 Å². The summed E-state index contributed by atoms with van der Waals surface area (Å²) in [5, 5.41) is 0. The first kappa shape index (κ1) is 8.36. The van der Waals surface area contributed by atoms with E-state index < -0.39 is 0 Å². The lowest BCUT2D eigenvalue weighted by Crippen LogP contribution is -2.41. The number of piperidine rings is 1. The van der Waals surface area contributed by atoms with Crippen LogP contribution in [0.3, 0.4) is 0 Å². The van der Waals surface area contributed by atoms with E-state index >= 15 is 0 Å². The van der Waals surface area contributed by atoms with Gasteiger partial charge in [-0.05, 0) is 24.7 Å². The molecular weight excluding hydrogens is 174 g/mol. The molecule has 0 N–H and O–H groups in total. The maximum Gasteiger partial charge on any atom is 0.223 e. The smallest absolute Gasteiger partial charge is 0.223 e. The lowest BCUT2D eigenvalue weighted by Gasteiger charge is -2.33. The standard InChI is InChI=1S/C9H14ClNO/c10-6-11-5-8-3-1-2-7(8)4-9(11)12/h7-8H,1-6H2. The van der Waals surface area contributed by atoms with E-state index in [-0.39, 0.29) is 5.91 Å². The Balaban J connectivity index is 2.03. The third-order valence-electron chi connectivity index (χ3n) is 3.21. The van der Waals surface area contributed by atoms with E-state index in [0.29, 0.717) is 11.9 Å². The van der Waals surface area contributed by atoms with E-state index in [4.69, 9.17) is 11.6 Å². The molecule has 2 nitrogen and oxygen atoms in total. The fourth-order valence-corrected chi connectivity index (χ4v) is 2.71. The molecule has 12 heavy (non-hydrogen) atoms. The van der Waals surface area contributed by atoms with Gasteiger partial charge in [0.1, 0.15) is 0 Å².